The molecule has 0 amide bonds. The van der Waals surface area contributed by atoms with Crippen LogP contribution in [0.3, 0.4) is 0 Å². The molecule has 0 radical (unpaired) electrons. The molecule has 2 aromatic rings. The summed E-state index contributed by atoms with van der Waals surface area (Å²) in [6.45, 7) is 2.56. The van der Waals surface area contributed by atoms with Crippen molar-refractivity contribution in [3.05, 3.63) is 57.6 Å². The monoisotopic (exact) mass is 259 g/mol. The highest BCUT2D eigenvalue weighted by atomic mass is 16.5. The van der Waals surface area contributed by atoms with E-state index in [1.165, 1.54) is 0 Å². The number of hydrogen-bond acceptors (Lipinski definition) is 4. The third-order valence-electron chi connectivity index (χ3n) is 3.06. The van der Waals surface area contributed by atoms with Crippen LogP contribution in [0.5, 0.6) is 5.88 Å². The maximum absolute atomic E-state index is 12.2. The van der Waals surface area contributed by atoms with Crippen molar-refractivity contribution in [2.75, 3.05) is 7.11 Å². The number of hydrogen-bond donors (Lipinski definition) is 1. The van der Waals surface area contributed by atoms with Crippen LogP contribution >= 0.6 is 0 Å². The van der Waals surface area contributed by atoms with E-state index in [0.717, 1.165) is 11.3 Å². The molecule has 0 aliphatic rings. The molecule has 0 saturated carbocycles. The van der Waals surface area contributed by atoms with Crippen molar-refractivity contribution >= 4 is 0 Å². The summed E-state index contributed by atoms with van der Waals surface area (Å²) in [6.07, 6.45) is 1.66. The van der Waals surface area contributed by atoms with E-state index in [4.69, 9.17) is 10.5 Å². The minimum atomic E-state index is -0.0617. The molecule has 0 fully saturated rings. The van der Waals surface area contributed by atoms with Gasteiger partial charge in [-0.3, -0.25) is 4.79 Å². The van der Waals surface area contributed by atoms with Gasteiger partial charge in [0.15, 0.2) is 0 Å². The molecule has 0 saturated heterocycles. The first kappa shape index (κ1) is 13.3. The smallest absolute Gasteiger partial charge is 0.255 e. The lowest BCUT2D eigenvalue weighted by molar-refractivity contribution is 0.390. The Morgan fingerprint density at radius 2 is 2.11 bits per heavy atom. The average Bonchev–Trinajstić information content (AvgIpc) is 2.44. The van der Waals surface area contributed by atoms with Gasteiger partial charge in [-0.1, -0.05) is 12.1 Å². The van der Waals surface area contributed by atoms with Gasteiger partial charge in [-0.15, -0.1) is 0 Å². The molecule has 100 valence electrons. The number of rotatable bonds is 4. The maximum atomic E-state index is 12.2. The molecule has 19 heavy (non-hydrogen) atoms. The zero-order valence-corrected chi connectivity index (χ0v) is 11.1. The number of ether oxygens (including phenoxy) is 1. The molecule has 2 heterocycles. The van der Waals surface area contributed by atoms with Crippen LogP contribution < -0.4 is 16.0 Å². The first-order valence-electron chi connectivity index (χ1n) is 6.04. The second-order valence-electron chi connectivity index (χ2n) is 4.27. The summed E-state index contributed by atoms with van der Waals surface area (Å²) in [6, 6.07) is 7.39. The van der Waals surface area contributed by atoms with Gasteiger partial charge in [0.1, 0.15) is 0 Å². The third-order valence-corrected chi connectivity index (χ3v) is 3.06. The molecule has 0 aliphatic carbocycles. The zero-order valence-electron chi connectivity index (χ0n) is 11.1. The van der Waals surface area contributed by atoms with E-state index in [2.05, 4.69) is 4.98 Å². The Morgan fingerprint density at radius 3 is 2.79 bits per heavy atom. The standard InChI is InChI=1S/C14H17N3O2/c1-10-5-6-11(8-15)14(18)17(10)9-12-4-3-7-16-13(12)19-2/h3-7H,8-9,15H2,1-2H3. The Morgan fingerprint density at radius 1 is 1.32 bits per heavy atom. The molecule has 0 unspecified atom stereocenters. The SMILES string of the molecule is COc1ncccc1Cn1c(C)ccc(CN)c1=O. The fourth-order valence-electron chi connectivity index (χ4n) is 1.97. The van der Waals surface area contributed by atoms with E-state index < -0.39 is 0 Å². The molecule has 0 spiro atoms. The van der Waals surface area contributed by atoms with Gasteiger partial charge in [0.25, 0.3) is 5.56 Å². The summed E-state index contributed by atoms with van der Waals surface area (Å²) < 4.78 is 6.88. The summed E-state index contributed by atoms with van der Waals surface area (Å²) in [5.74, 6) is 0.534. The highest BCUT2D eigenvalue weighted by Crippen LogP contribution is 2.15. The second-order valence-corrected chi connectivity index (χ2v) is 4.27. The maximum Gasteiger partial charge on any atom is 0.255 e. The topological polar surface area (TPSA) is 70.1 Å². The number of aryl methyl sites for hydroxylation is 1. The number of aromatic nitrogens is 2. The van der Waals surface area contributed by atoms with E-state index in [1.54, 1.807) is 23.9 Å². The van der Waals surface area contributed by atoms with Gasteiger partial charge in [-0.2, -0.15) is 0 Å². The quantitative estimate of drug-likeness (QED) is 0.891. The molecule has 5 heteroatoms. The fraction of sp³-hybridized carbons (Fsp3) is 0.286. The van der Waals surface area contributed by atoms with Crippen LogP contribution in [-0.4, -0.2) is 16.7 Å². The van der Waals surface area contributed by atoms with E-state index in [9.17, 15) is 4.79 Å². The van der Waals surface area contributed by atoms with Gasteiger partial charge in [-0.25, -0.2) is 4.98 Å². The van der Waals surface area contributed by atoms with E-state index in [1.807, 2.05) is 25.1 Å². The summed E-state index contributed by atoms with van der Waals surface area (Å²) in [5.41, 5.74) is 7.86. The molecule has 2 rings (SSSR count). The van der Waals surface area contributed by atoms with Crippen LogP contribution in [0.2, 0.25) is 0 Å². The van der Waals surface area contributed by atoms with Gasteiger partial charge >= 0.3 is 0 Å². The van der Waals surface area contributed by atoms with Gasteiger partial charge in [-0.05, 0) is 19.1 Å². The first-order chi connectivity index (χ1) is 9.17. The lowest BCUT2D eigenvalue weighted by atomic mass is 10.2. The van der Waals surface area contributed by atoms with Crippen LogP contribution in [0.15, 0.2) is 35.3 Å². The van der Waals surface area contributed by atoms with Crippen molar-refractivity contribution in [1.29, 1.82) is 0 Å². The minimum absolute atomic E-state index is 0.0617. The largest absolute Gasteiger partial charge is 0.481 e. The Bertz CT molecular complexity index is 635. The van der Waals surface area contributed by atoms with Gasteiger partial charge in [0.2, 0.25) is 5.88 Å². The van der Waals surface area contributed by atoms with E-state index in [-0.39, 0.29) is 12.1 Å². The zero-order chi connectivity index (χ0) is 13.8. The van der Waals surface area contributed by atoms with Gasteiger partial charge in [0, 0.05) is 29.6 Å². The highest BCUT2D eigenvalue weighted by molar-refractivity contribution is 5.27. The van der Waals surface area contributed by atoms with E-state index >= 15 is 0 Å². The van der Waals surface area contributed by atoms with Crippen molar-refractivity contribution in [2.45, 2.75) is 20.0 Å². The molecule has 2 aromatic heterocycles. The molecule has 0 aliphatic heterocycles. The van der Waals surface area contributed by atoms with Crippen LogP contribution in [0.4, 0.5) is 0 Å². The summed E-state index contributed by atoms with van der Waals surface area (Å²) in [4.78, 5) is 16.4. The van der Waals surface area contributed by atoms with Crippen LogP contribution in [0, 0.1) is 6.92 Å². The lowest BCUT2D eigenvalue weighted by Gasteiger charge is -2.13. The Kier molecular flexibility index (Phi) is 3.97. The normalized spacial score (nSPS) is 10.5. The van der Waals surface area contributed by atoms with Crippen LogP contribution in [0.25, 0.3) is 0 Å². The molecule has 0 bridgehead atoms. The fourth-order valence-corrected chi connectivity index (χ4v) is 1.97. The van der Waals surface area contributed by atoms with Gasteiger partial charge < -0.3 is 15.0 Å². The lowest BCUT2D eigenvalue weighted by Crippen LogP contribution is -2.27. The minimum Gasteiger partial charge on any atom is -0.481 e. The molecule has 2 N–H and O–H groups in total. The summed E-state index contributed by atoms with van der Waals surface area (Å²) in [5, 5.41) is 0. The Balaban J connectivity index is 2.46. The van der Waals surface area contributed by atoms with Crippen molar-refractivity contribution in [3.63, 3.8) is 0 Å². The summed E-state index contributed by atoms with van der Waals surface area (Å²) in [7, 11) is 1.57. The van der Waals surface area contributed by atoms with Crippen LogP contribution in [-0.2, 0) is 13.1 Å². The van der Waals surface area contributed by atoms with Crippen molar-refractivity contribution in [3.8, 4) is 5.88 Å². The van der Waals surface area contributed by atoms with Crippen molar-refractivity contribution in [1.82, 2.24) is 9.55 Å². The number of nitrogens with two attached hydrogens (primary N) is 1. The third kappa shape index (κ3) is 2.66. The number of methoxy groups -OCH3 is 1. The molecular weight excluding hydrogens is 242 g/mol. The summed E-state index contributed by atoms with van der Waals surface area (Å²) >= 11 is 0. The first-order valence-corrected chi connectivity index (χ1v) is 6.04. The molecule has 0 aromatic carbocycles. The van der Waals surface area contributed by atoms with Gasteiger partial charge in [0.05, 0.1) is 13.7 Å². The average molecular weight is 259 g/mol. The molecule has 5 nitrogen and oxygen atoms in total. The Hall–Kier alpha value is -2.14. The predicted octanol–water partition coefficient (Wildman–Crippen LogP) is 1.07. The van der Waals surface area contributed by atoms with Crippen molar-refractivity contribution in [2.24, 2.45) is 5.73 Å². The number of nitrogens with zero attached hydrogens (tertiary/aromatic N) is 2. The van der Waals surface area contributed by atoms with E-state index in [0.29, 0.717) is 18.0 Å². The predicted molar refractivity (Wildman–Crippen MR) is 73.2 cm³/mol. The second kappa shape index (κ2) is 5.67. The highest BCUT2D eigenvalue weighted by Gasteiger charge is 2.09. The molecule has 0 atom stereocenters. The Labute approximate surface area is 111 Å². The van der Waals surface area contributed by atoms with Crippen LogP contribution in [0.1, 0.15) is 16.8 Å². The number of pyridine rings is 2. The van der Waals surface area contributed by atoms with Crippen molar-refractivity contribution < 1.29 is 4.74 Å². The molecular formula is C14H17N3O2.